The summed E-state index contributed by atoms with van der Waals surface area (Å²) >= 11 is 0. The Bertz CT molecular complexity index is 966. The molecule has 0 aliphatic rings. The third-order valence-electron chi connectivity index (χ3n) is 3.36. The van der Waals surface area contributed by atoms with E-state index >= 15 is 0 Å². The fraction of sp³-hybridized carbons (Fsp3) is 0.118. The highest BCUT2D eigenvalue weighted by Crippen LogP contribution is 2.18. The molecule has 2 N–H and O–H groups in total. The van der Waals surface area contributed by atoms with Crippen LogP contribution in [0.4, 0.5) is 0 Å². The van der Waals surface area contributed by atoms with E-state index in [1.807, 2.05) is 18.2 Å². The van der Waals surface area contributed by atoms with Gasteiger partial charge in [-0.05, 0) is 19.1 Å². The van der Waals surface area contributed by atoms with E-state index in [1.165, 1.54) is 12.4 Å². The average molecular weight is 335 g/mol. The van der Waals surface area contributed by atoms with Crippen LogP contribution in [-0.4, -0.2) is 37.6 Å². The van der Waals surface area contributed by atoms with Crippen molar-refractivity contribution in [3.63, 3.8) is 0 Å². The predicted octanol–water partition coefficient (Wildman–Crippen LogP) is 2.31. The number of rotatable bonds is 4. The lowest BCUT2D eigenvalue weighted by Crippen LogP contribution is -2.11. The minimum atomic E-state index is -0.749. The Balaban J connectivity index is 1.78. The number of aliphatic hydroxyl groups is 1. The van der Waals surface area contributed by atoms with Crippen LogP contribution in [0.3, 0.4) is 0 Å². The molecular formula is C17H13N5O3. The Morgan fingerprint density at radius 2 is 2.12 bits per heavy atom. The maximum atomic E-state index is 11.9. The first-order chi connectivity index (χ1) is 12.1. The van der Waals surface area contributed by atoms with Gasteiger partial charge >= 0.3 is 5.97 Å². The molecule has 0 atom stereocenters. The summed E-state index contributed by atoms with van der Waals surface area (Å²) in [5.74, 6) is -0.955. The molecule has 0 bridgehead atoms. The van der Waals surface area contributed by atoms with E-state index in [-0.39, 0.29) is 17.1 Å². The third-order valence-corrected chi connectivity index (χ3v) is 3.36. The molecule has 2 heterocycles. The van der Waals surface area contributed by atoms with E-state index in [0.29, 0.717) is 11.2 Å². The van der Waals surface area contributed by atoms with Gasteiger partial charge in [-0.25, -0.2) is 14.8 Å². The zero-order chi connectivity index (χ0) is 17.8. The number of carbonyl (C=O) groups excluding carboxylic acids is 1. The highest BCUT2D eigenvalue weighted by atomic mass is 16.5. The number of benzene rings is 1. The minimum Gasteiger partial charge on any atom is -0.507 e. The number of imidazole rings is 1. The van der Waals surface area contributed by atoms with E-state index in [1.54, 1.807) is 19.1 Å². The van der Waals surface area contributed by atoms with Gasteiger partial charge in [0.25, 0.3) is 0 Å². The van der Waals surface area contributed by atoms with Gasteiger partial charge in [0.05, 0.1) is 22.9 Å². The average Bonchev–Trinajstić information content (AvgIpc) is 3.04. The van der Waals surface area contributed by atoms with Crippen LogP contribution in [0.2, 0.25) is 0 Å². The van der Waals surface area contributed by atoms with Crippen LogP contribution in [0.15, 0.2) is 42.4 Å². The number of hydrogen-bond donors (Lipinski definition) is 2. The lowest BCUT2D eigenvalue weighted by Gasteiger charge is -2.05. The molecule has 1 aromatic carbocycles. The fourth-order valence-electron chi connectivity index (χ4n) is 2.10. The first-order valence-corrected chi connectivity index (χ1v) is 7.31. The van der Waals surface area contributed by atoms with Crippen molar-refractivity contribution in [3.05, 3.63) is 59.6 Å². The molecule has 0 spiro atoms. The van der Waals surface area contributed by atoms with Crippen LogP contribution in [0, 0.1) is 18.3 Å². The number of aryl methyl sites for hydroxylation is 1. The Hall–Kier alpha value is -3.73. The number of para-hydroxylation sites is 2. The first kappa shape index (κ1) is 16.1. The van der Waals surface area contributed by atoms with Crippen LogP contribution in [-0.2, 0) is 4.74 Å². The van der Waals surface area contributed by atoms with Crippen molar-refractivity contribution in [2.45, 2.75) is 6.92 Å². The second-order valence-corrected chi connectivity index (χ2v) is 5.16. The molecule has 0 fully saturated rings. The molecule has 124 valence electrons. The Morgan fingerprint density at radius 3 is 2.80 bits per heavy atom. The van der Waals surface area contributed by atoms with Crippen LogP contribution < -0.4 is 0 Å². The molecule has 0 aliphatic heterocycles. The summed E-state index contributed by atoms with van der Waals surface area (Å²) in [6.07, 6.45) is 2.71. The number of carbonyl (C=O) groups is 1. The second-order valence-electron chi connectivity index (χ2n) is 5.16. The van der Waals surface area contributed by atoms with Crippen molar-refractivity contribution in [1.82, 2.24) is 19.9 Å². The molecule has 8 heteroatoms. The summed E-state index contributed by atoms with van der Waals surface area (Å²) in [5, 5.41) is 19.4. The van der Waals surface area contributed by atoms with Gasteiger partial charge in [0.1, 0.15) is 18.2 Å². The van der Waals surface area contributed by atoms with Crippen LogP contribution in [0.25, 0.3) is 16.6 Å². The highest BCUT2D eigenvalue weighted by Gasteiger charge is 2.16. The number of nitrogens with one attached hydrogen (secondary N) is 1. The summed E-state index contributed by atoms with van der Waals surface area (Å²) in [6.45, 7) is 1.26. The number of H-pyrrole nitrogens is 1. The van der Waals surface area contributed by atoms with Crippen LogP contribution in [0.1, 0.15) is 22.0 Å². The lowest BCUT2D eigenvalue weighted by molar-refractivity contribution is 0.0495. The van der Waals surface area contributed by atoms with Crippen molar-refractivity contribution >= 4 is 22.6 Å². The number of hydrogen-bond acceptors (Lipinski definition) is 7. The molecule has 3 aromatic rings. The zero-order valence-electron chi connectivity index (χ0n) is 13.2. The lowest BCUT2D eigenvalue weighted by atomic mass is 10.2. The minimum absolute atomic E-state index is 0.0145. The van der Waals surface area contributed by atoms with Crippen molar-refractivity contribution in [1.29, 1.82) is 5.26 Å². The number of nitriles is 1. The quantitative estimate of drug-likeness (QED) is 0.426. The Labute approximate surface area is 142 Å². The SMILES string of the molecule is Cc1cnc(C(=O)OC/C(O)=C(\C#N)c2nc3ccccc3[nH]2)cn1. The van der Waals surface area contributed by atoms with Gasteiger partial charge in [-0.3, -0.25) is 4.98 Å². The van der Waals surface area contributed by atoms with E-state index in [9.17, 15) is 15.2 Å². The number of aliphatic hydroxyl groups excluding tert-OH is 1. The summed E-state index contributed by atoms with van der Waals surface area (Å²) < 4.78 is 4.97. The molecule has 0 aliphatic carbocycles. The normalized spacial score (nSPS) is 11.7. The van der Waals surface area contributed by atoms with Crippen LogP contribution in [0.5, 0.6) is 0 Å². The second kappa shape index (κ2) is 6.80. The Kier molecular flexibility index (Phi) is 4.39. The predicted molar refractivity (Wildman–Crippen MR) is 88.3 cm³/mol. The van der Waals surface area contributed by atoms with Gasteiger partial charge in [-0.1, -0.05) is 12.1 Å². The number of aromatic nitrogens is 4. The number of ether oxygens (including phenoxy) is 1. The molecule has 0 radical (unpaired) electrons. The molecule has 8 nitrogen and oxygen atoms in total. The number of esters is 1. The van der Waals surface area contributed by atoms with Gasteiger partial charge in [-0.2, -0.15) is 5.26 Å². The summed E-state index contributed by atoms with van der Waals surface area (Å²) in [6, 6.07) is 9.08. The highest BCUT2D eigenvalue weighted by molar-refractivity contribution is 5.87. The van der Waals surface area contributed by atoms with E-state index < -0.39 is 18.3 Å². The molecule has 0 unspecified atom stereocenters. The van der Waals surface area contributed by atoms with E-state index in [4.69, 9.17) is 4.74 Å². The summed E-state index contributed by atoms with van der Waals surface area (Å²) in [4.78, 5) is 26.9. The molecule has 25 heavy (non-hydrogen) atoms. The molecule has 2 aromatic heterocycles. The van der Waals surface area contributed by atoms with Gasteiger partial charge in [0.2, 0.25) is 0 Å². The Morgan fingerprint density at radius 1 is 1.32 bits per heavy atom. The molecule has 0 amide bonds. The topological polar surface area (TPSA) is 125 Å². The molecule has 0 saturated heterocycles. The monoisotopic (exact) mass is 335 g/mol. The number of fused-ring (bicyclic) bond motifs is 1. The van der Waals surface area contributed by atoms with Crippen molar-refractivity contribution < 1.29 is 14.6 Å². The number of nitrogens with zero attached hydrogens (tertiary/aromatic N) is 4. The fourth-order valence-corrected chi connectivity index (χ4v) is 2.10. The van der Waals surface area contributed by atoms with Crippen LogP contribution >= 0.6 is 0 Å². The maximum Gasteiger partial charge on any atom is 0.358 e. The molecular weight excluding hydrogens is 322 g/mol. The third kappa shape index (κ3) is 3.45. The molecule has 3 rings (SSSR count). The first-order valence-electron chi connectivity index (χ1n) is 7.31. The zero-order valence-corrected chi connectivity index (χ0v) is 13.2. The van der Waals surface area contributed by atoms with Crippen molar-refractivity contribution in [2.75, 3.05) is 6.61 Å². The largest absolute Gasteiger partial charge is 0.507 e. The standard InChI is InChI=1S/C17H13N5O3/c1-10-7-20-14(8-19-10)17(24)25-9-15(23)11(6-18)16-21-12-4-2-3-5-13(12)22-16/h2-5,7-8,23H,9H2,1H3,(H,21,22)/b15-11-. The van der Waals surface area contributed by atoms with Crippen molar-refractivity contribution in [2.24, 2.45) is 0 Å². The summed E-state index contributed by atoms with van der Waals surface area (Å²) in [7, 11) is 0. The van der Waals surface area contributed by atoms with Gasteiger partial charge in [0, 0.05) is 6.20 Å². The smallest absolute Gasteiger partial charge is 0.358 e. The number of aromatic amines is 1. The van der Waals surface area contributed by atoms with E-state index in [0.717, 1.165) is 5.52 Å². The maximum absolute atomic E-state index is 11.9. The van der Waals surface area contributed by atoms with Gasteiger partial charge < -0.3 is 14.8 Å². The summed E-state index contributed by atoms with van der Waals surface area (Å²) in [5.41, 5.74) is 1.96. The van der Waals surface area contributed by atoms with Gasteiger partial charge in [0.15, 0.2) is 17.3 Å². The molecule has 0 saturated carbocycles. The number of allylic oxidation sites excluding steroid dienone is 1. The van der Waals surface area contributed by atoms with Crippen molar-refractivity contribution in [3.8, 4) is 6.07 Å². The van der Waals surface area contributed by atoms with Gasteiger partial charge in [-0.15, -0.1) is 0 Å². The van der Waals surface area contributed by atoms with E-state index in [2.05, 4.69) is 19.9 Å².